The third kappa shape index (κ3) is 4.65. The molecule has 0 aliphatic heterocycles. The molecule has 1 aromatic carbocycles. The lowest BCUT2D eigenvalue weighted by molar-refractivity contribution is -0.137. The fourth-order valence-corrected chi connectivity index (χ4v) is 3.05. The van der Waals surface area contributed by atoms with E-state index >= 15 is 0 Å². The van der Waals surface area contributed by atoms with Crippen molar-refractivity contribution < 1.29 is 18.0 Å². The molecule has 1 amide bonds. The summed E-state index contributed by atoms with van der Waals surface area (Å²) in [4.78, 5) is 12.5. The van der Waals surface area contributed by atoms with Crippen LogP contribution in [-0.2, 0) is 13.2 Å². The lowest BCUT2D eigenvalue weighted by Gasteiger charge is -2.19. The van der Waals surface area contributed by atoms with E-state index in [0.717, 1.165) is 18.2 Å². The normalized spacial score (nSPS) is 13.1. The van der Waals surface area contributed by atoms with Gasteiger partial charge < -0.3 is 9.88 Å². The fraction of sp³-hybridized carbons (Fsp3) is 0.421. The second kappa shape index (κ2) is 7.33. The first-order valence-electron chi connectivity index (χ1n) is 8.23. The van der Waals surface area contributed by atoms with Gasteiger partial charge in [-0.15, -0.1) is 0 Å². The molecular weight excluding hydrogens is 329 g/mol. The van der Waals surface area contributed by atoms with Gasteiger partial charge in [-0.3, -0.25) is 4.79 Å². The number of hydrogen-bond acceptors (Lipinski definition) is 1. The van der Waals surface area contributed by atoms with E-state index in [-0.39, 0.29) is 11.5 Å². The van der Waals surface area contributed by atoms with Crippen molar-refractivity contribution in [2.75, 3.05) is 5.32 Å². The number of nitrogens with one attached hydrogen (secondary N) is 1. The van der Waals surface area contributed by atoms with Gasteiger partial charge >= 0.3 is 6.18 Å². The summed E-state index contributed by atoms with van der Waals surface area (Å²) in [6.07, 6.45) is -1.54. The Morgan fingerprint density at radius 2 is 1.80 bits per heavy atom. The lowest BCUT2D eigenvalue weighted by atomic mass is 9.91. The Morgan fingerprint density at radius 1 is 1.16 bits per heavy atom. The highest BCUT2D eigenvalue weighted by molar-refractivity contribution is 6.05. The summed E-state index contributed by atoms with van der Waals surface area (Å²) in [6, 6.07) is 7.25. The van der Waals surface area contributed by atoms with Gasteiger partial charge in [0.25, 0.3) is 5.91 Å². The van der Waals surface area contributed by atoms with Crippen molar-refractivity contribution in [3.63, 3.8) is 0 Å². The molecule has 0 aliphatic rings. The van der Waals surface area contributed by atoms with Crippen LogP contribution in [0.15, 0.2) is 36.7 Å². The van der Waals surface area contributed by atoms with E-state index in [9.17, 15) is 18.0 Å². The maximum atomic E-state index is 13.1. The molecule has 3 nitrogen and oxygen atoms in total. The van der Waals surface area contributed by atoms with Gasteiger partial charge in [0.1, 0.15) is 0 Å². The molecule has 1 atom stereocenters. The molecule has 1 aromatic heterocycles. The number of para-hydroxylation sites is 1. The summed E-state index contributed by atoms with van der Waals surface area (Å²) in [7, 11) is 1.46. The van der Waals surface area contributed by atoms with Crippen molar-refractivity contribution in [3.8, 4) is 0 Å². The van der Waals surface area contributed by atoms with E-state index < -0.39 is 17.6 Å². The average molecular weight is 352 g/mol. The van der Waals surface area contributed by atoms with Crippen molar-refractivity contribution in [1.29, 1.82) is 0 Å². The van der Waals surface area contributed by atoms with Gasteiger partial charge in [-0.25, -0.2) is 0 Å². The summed E-state index contributed by atoms with van der Waals surface area (Å²) in [5, 5.41) is 2.65. The summed E-state index contributed by atoms with van der Waals surface area (Å²) in [5.74, 6) is -0.0869. The first-order chi connectivity index (χ1) is 11.6. The van der Waals surface area contributed by atoms with E-state index in [0.29, 0.717) is 11.6 Å². The highest BCUT2D eigenvalue weighted by atomic mass is 19.4. The van der Waals surface area contributed by atoms with Gasteiger partial charge in [-0.2, -0.15) is 13.2 Å². The molecule has 1 heterocycles. The van der Waals surface area contributed by atoms with Crippen LogP contribution < -0.4 is 5.32 Å². The van der Waals surface area contributed by atoms with Gasteiger partial charge in [0.05, 0.1) is 11.1 Å². The molecular formula is C19H23F3N2O. The number of alkyl halides is 3. The van der Waals surface area contributed by atoms with Crippen LogP contribution in [0.3, 0.4) is 0 Å². The molecule has 0 spiro atoms. The number of carbonyl (C=O) groups is 1. The van der Waals surface area contributed by atoms with Crippen molar-refractivity contribution in [2.24, 2.45) is 13.0 Å². The smallest absolute Gasteiger partial charge is 0.356 e. The molecule has 136 valence electrons. The Morgan fingerprint density at radius 3 is 2.40 bits per heavy atom. The van der Waals surface area contributed by atoms with E-state index in [1.54, 1.807) is 12.1 Å². The number of anilines is 1. The number of amides is 1. The minimum Gasteiger partial charge on any atom is -0.356 e. The van der Waals surface area contributed by atoms with E-state index in [2.05, 4.69) is 26.1 Å². The van der Waals surface area contributed by atoms with Crippen LogP contribution in [0.1, 0.15) is 54.6 Å². The minimum atomic E-state index is -4.57. The van der Waals surface area contributed by atoms with Crippen LogP contribution in [0.2, 0.25) is 0 Å². The van der Waals surface area contributed by atoms with Gasteiger partial charge in [0.15, 0.2) is 0 Å². The average Bonchev–Trinajstić information content (AvgIpc) is 2.89. The second-order valence-corrected chi connectivity index (χ2v) is 6.82. The highest BCUT2D eigenvalue weighted by Gasteiger charge is 2.36. The maximum absolute atomic E-state index is 13.1. The van der Waals surface area contributed by atoms with Crippen molar-refractivity contribution in [2.45, 2.75) is 39.3 Å². The Bertz CT molecular complexity index is 747. The number of aromatic nitrogens is 1. The predicted octanol–water partition coefficient (Wildman–Crippen LogP) is 5.45. The topological polar surface area (TPSA) is 34.0 Å². The minimum absolute atomic E-state index is 0.189. The highest BCUT2D eigenvalue weighted by Crippen LogP contribution is 2.34. The van der Waals surface area contributed by atoms with Crippen LogP contribution in [0.4, 0.5) is 18.9 Å². The third-order valence-electron chi connectivity index (χ3n) is 4.07. The van der Waals surface area contributed by atoms with Gasteiger partial charge in [-0.05, 0) is 29.9 Å². The molecule has 0 saturated heterocycles. The molecule has 0 radical (unpaired) electrons. The molecule has 0 fully saturated rings. The van der Waals surface area contributed by atoms with Crippen LogP contribution in [0.25, 0.3) is 0 Å². The van der Waals surface area contributed by atoms with E-state index in [1.165, 1.54) is 17.8 Å². The largest absolute Gasteiger partial charge is 0.418 e. The van der Waals surface area contributed by atoms with Crippen molar-refractivity contribution in [3.05, 3.63) is 53.3 Å². The van der Waals surface area contributed by atoms with Crippen LogP contribution in [0, 0.1) is 5.92 Å². The van der Waals surface area contributed by atoms with Crippen LogP contribution in [-0.4, -0.2) is 10.5 Å². The van der Waals surface area contributed by atoms with Gasteiger partial charge in [0.2, 0.25) is 0 Å². The Balaban J connectivity index is 2.31. The molecule has 0 bridgehead atoms. The first kappa shape index (κ1) is 19.1. The van der Waals surface area contributed by atoms with Crippen molar-refractivity contribution in [1.82, 2.24) is 4.57 Å². The number of hydrogen-bond donors (Lipinski definition) is 1. The summed E-state index contributed by atoms with van der Waals surface area (Å²) < 4.78 is 40.6. The SMILES string of the molecule is CC(C)C[C@@H](C)c1ccccc1NC(=O)c1cn(C)cc1C(F)(F)F. The zero-order chi connectivity index (χ0) is 18.8. The maximum Gasteiger partial charge on any atom is 0.418 e. The molecule has 0 aliphatic carbocycles. The number of rotatable bonds is 5. The first-order valence-corrected chi connectivity index (χ1v) is 8.23. The fourth-order valence-electron chi connectivity index (χ4n) is 3.05. The number of carbonyl (C=O) groups excluding carboxylic acids is 1. The molecule has 2 aromatic rings. The predicted molar refractivity (Wildman–Crippen MR) is 92.7 cm³/mol. The Hall–Kier alpha value is -2.24. The van der Waals surface area contributed by atoms with E-state index in [1.807, 2.05) is 12.1 Å². The standard InChI is InChI=1S/C19H23F3N2O/c1-12(2)9-13(3)14-7-5-6-8-17(14)23-18(25)15-10-24(4)11-16(15)19(20,21)22/h5-8,10-13H,9H2,1-4H3,(H,23,25)/t13-/m1/s1. The molecule has 0 saturated carbocycles. The quantitative estimate of drug-likeness (QED) is 0.763. The molecule has 6 heteroatoms. The van der Waals surface area contributed by atoms with Crippen LogP contribution in [0.5, 0.6) is 0 Å². The van der Waals surface area contributed by atoms with Gasteiger partial charge in [0, 0.05) is 25.1 Å². The van der Waals surface area contributed by atoms with Crippen LogP contribution >= 0.6 is 0 Å². The summed E-state index contributed by atoms with van der Waals surface area (Å²) in [5.41, 5.74) is 0.174. The zero-order valence-corrected chi connectivity index (χ0v) is 14.8. The lowest BCUT2D eigenvalue weighted by Crippen LogP contribution is -2.18. The number of aryl methyl sites for hydroxylation is 1. The molecule has 1 N–H and O–H groups in total. The zero-order valence-electron chi connectivity index (χ0n) is 14.8. The van der Waals surface area contributed by atoms with Crippen molar-refractivity contribution >= 4 is 11.6 Å². The summed E-state index contributed by atoms with van der Waals surface area (Å²) >= 11 is 0. The third-order valence-corrected chi connectivity index (χ3v) is 4.07. The van der Waals surface area contributed by atoms with Gasteiger partial charge in [-0.1, -0.05) is 39.0 Å². The van der Waals surface area contributed by atoms with E-state index in [4.69, 9.17) is 0 Å². The number of halogens is 3. The molecule has 2 rings (SSSR count). The number of benzene rings is 1. The molecule has 25 heavy (non-hydrogen) atoms. The second-order valence-electron chi connectivity index (χ2n) is 6.82. The Kier molecular flexibility index (Phi) is 5.60. The Labute approximate surface area is 145 Å². The monoisotopic (exact) mass is 352 g/mol. The number of nitrogens with zero attached hydrogens (tertiary/aromatic N) is 1. The molecule has 0 unspecified atom stereocenters. The summed E-state index contributed by atoms with van der Waals surface area (Å²) in [6.45, 7) is 6.27.